The van der Waals surface area contributed by atoms with Crippen molar-refractivity contribution in [3.8, 4) is 0 Å². The first-order valence-electron chi connectivity index (χ1n) is 8.58. The van der Waals surface area contributed by atoms with E-state index >= 15 is 0 Å². The third-order valence-corrected chi connectivity index (χ3v) is 3.80. The molecular formula is C18H26N4O5. The van der Waals surface area contributed by atoms with Crippen molar-refractivity contribution in [1.29, 1.82) is 0 Å². The van der Waals surface area contributed by atoms with Gasteiger partial charge in [-0.1, -0.05) is 44.2 Å². The maximum absolute atomic E-state index is 12.4. The maximum atomic E-state index is 12.4. The third kappa shape index (κ3) is 7.87. The molecule has 0 aliphatic heterocycles. The normalized spacial score (nSPS) is 12.7. The first kappa shape index (κ1) is 22.1. The Morgan fingerprint density at radius 1 is 1.04 bits per heavy atom. The molecule has 0 fully saturated rings. The van der Waals surface area contributed by atoms with E-state index < -0.39 is 42.0 Å². The number of nitrogens with one attached hydrogen (secondary N) is 3. The number of primary amides is 1. The molecule has 0 saturated carbocycles. The highest BCUT2D eigenvalue weighted by atomic mass is 16.5. The smallest absolute Gasteiger partial charge is 0.255 e. The lowest BCUT2D eigenvalue weighted by Crippen LogP contribution is -2.52. The van der Waals surface area contributed by atoms with Crippen LogP contribution >= 0.6 is 0 Å². The molecule has 0 aromatic heterocycles. The summed E-state index contributed by atoms with van der Waals surface area (Å²) in [5, 5.41) is 13.8. The summed E-state index contributed by atoms with van der Waals surface area (Å²) in [6, 6.07) is 7.86. The molecule has 6 N–H and O–H groups in total. The van der Waals surface area contributed by atoms with E-state index in [-0.39, 0.29) is 18.9 Å². The number of hydrogen-bond donors (Lipinski definition) is 5. The highest BCUT2D eigenvalue weighted by Crippen LogP contribution is 2.13. The second-order valence-electron chi connectivity index (χ2n) is 6.59. The number of carbonyl (C=O) groups excluding carboxylic acids is 4. The Labute approximate surface area is 157 Å². The van der Waals surface area contributed by atoms with E-state index in [4.69, 9.17) is 10.9 Å². The summed E-state index contributed by atoms with van der Waals surface area (Å²) in [6.45, 7) is 3.81. The Bertz CT molecular complexity index is 663. The van der Waals surface area contributed by atoms with Gasteiger partial charge < -0.3 is 16.4 Å². The number of nitrogens with two attached hydrogens (primary N) is 1. The van der Waals surface area contributed by atoms with Gasteiger partial charge in [-0.05, 0) is 17.9 Å². The molecule has 0 radical (unpaired) electrons. The monoisotopic (exact) mass is 378 g/mol. The Balaban J connectivity index is 2.81. The van der Waals surface area contributed by atoms with Crippen LogP contribution in [0.25, 0.3) is 0 Å². The predicted octanol–water partition coefficient (Wildman–Crippen LogP) is -0.169. The molecule has 9 heteroatoms. The lowest BCUT2D eigenvalue weighted by Gasteiger charge is -2.21. The average Bonchev–Trinajstić information content (AvgIpc) is 2.63. The second kappa shape index (κ2) is 10.9. The van der Waals surface area contributed by atoms with Gasteiger partial charge in [0.05, 0.1) is 6.42 Å². The van der Waals surface area contributed by atoms with Gasteiger partial charge in [-0.15, -0.1) is 0 Å². The fourth-order valence-electron chi connectivity index (χ4n) is 2.47. The quantitative estimate of drug-likeness (QED) is 0.218. The molecule has 0 saturated heterocycles. The topological polar surface area (TPSA) is 151 Å². The minimum Gasteiger partial charge on any atom is -0.370 e. The van der Waals surface area contributed by atoms with E-state index in [0.717, 1.165) is 5.56 Å². The lowest BCUT2D eigenvalue weighted by molar-refractivity contribution is -0.143. The first-order chi connectivity index (χ1) is 12.7. The minimum atomic E-state index is -1.22. The molecule has 0 aliphatic rings. The van der Waals surface area contributed by atoms with Gasteiger partial charge >= 0.3 is 0 Å². The van der Waals surface area contributed by atoms with Crippen molar-refractivity contribution in [3.05, 3.63) is 35.9 Å². The number of hydroxylamine groups is 1. The van der Waals surface area contributed by atoms with Crippen LogP contribution in [0.2, 0.25) is 0 Å². The summed E-state index contributed by atoms with van der Waals surface area (Å²) in [4.78, 5) is 47.9. The Morgan fingerprint density at radius 3 is 2.19 bits per heavy atom. The lowest BCUT2D eigenvalue weighted by atomic mass is 9.95. The van der Waals surface area contributed by atoms with E-state index in [1.54, 1.807) is 13.8 Å². The van der Waals surface area contributed by atoms with Crippen molar-refractivity contribution in [3.63, 3.8) is 0 Å². The maximum Gasteiger partial charge on any atom is 0.255 e. The van der Waals surface area contributed by atoms with Gasteiger partial charge in [-0.3, -0.25) is 24.4 Å². The summed E-state index contributed by atoms with van der Waals surface area (Å²) in [6.07, 6.45) is -0.255. The molecule has 2 atom stereocenters. The Kier molecular flexibility index (Phi) is 8.94. The van der Waals surface area contributed by atoms with Crippen LogP contribution in [-0.2, 0) is 25.7 Å². The van der Waals surface area contributed by atoms with E-state index in [0.29, 0.717) is 0 Å². The number of amides is 4. The van der Waals surface area contributed by atoms with Gasteiger partial charge in [0.25, 0.3) is 5.91 Å². The fourth-order valence-corrected chi connectivity index (χ4v) is 2.47. The predicted molar refractivity (Wildman–Crippen MR) is 96.9 cm³/mol. The fraction of sp³-hybridized carbons (Fsp3) is 0.444. The van der Waals surface area contributed by atoms with Crippen molar-refractivity contribution >= 4 is 23.6 Å². The molecule has 0 heterocycles. The van der Waals surface area contributed by atoms with E-state index in [1.807, 2.05) is 30.3 Å². The van der Waals surface area contributed by atoms with Crippen LogP contribution in [0.15, 0.2) is 30.3 Å². The van der Waals surface area contributed by atoms with Crippen molar-refractivity contribution in [2.75, 3.05) is 0 Å². The average molecular weight is 378 g/mol. The zero-order chi connectivity index (χ0) is 20.4. The van der Waals surface area contributed by atoms with Crippen LogP contribution in [-0.4, -0.2) is 34.9 Å². The van der Waals surface area contributed by atoms with Crippen molar-refractivity contribution in [1.82, 2.24) is 16.1 Å². The van der Waals surface area contributed by atoms with Crippen LogP contribution in [0.5, 0.6) is 0 Å². The number of carbonyl (C=O) groups is 4. The SMILES string of the molecule is CC(C)C[C@@H](C(=O)NO)C(=O)N[C@@H](CC(N)=O)C(=O)NCc1ccccc1. The van der Waals surface area contributed by atoms with Gasteiger partial charge in [-0.25, -0.2) is 5.48 Å². The van der Waals surface area contributed by atoms with E-state index in [2.05, 4.69) is 10.6 Å². The molecule has 148 valence electrons. The Morgan fingerprint density at radius 2 is 1.67 bits per heavy atom. The summed E-state index contributed by atoms with van der Waals surface area (Å²) in [7, 11) is 0. The zero-order valence-electron chi connectivity index (χ0n) is 15.4. The highest BCUT2D eigenvalue weighted by molar-refractivity contribution is 6.02. The molecule has 4 amide bonds. The summed E-state index contributed by atoms with van der Waals surface area (Å²) in [5.74, 6) is -4.24. The Hall–Kier alpha value is -2.94. The number of rotatable bonds is 10. The minimum absolute atomic E-state index is 0.0143. The second-order valence-corrected chi connectivity index (χ2v) is 6.59. The highest BCUT2D eigenvalue weighted by Gasteiger charge is 2.31. The van der Waals surface area contributed by atoms with Crippen LogP contribution < -0.4 is 21.8 Å². The van der Waals surface area contributed by atoms with Crippen molar-refractivity contribution < 1.29 is 24.4 Å². The van der Waals surface area contributed by atoms with E-state index in [9.17, 15) is 19.2 Å². The first-order valence-corrected chi connectivity index (χ1v) is 8.58. The van der Waals surface area contributed by atoms with Crippen LogP contribution in [0.1, 0.15) is 32.3 Å². The standard InChI is InChI=1S/C18H26N4O5/c1-11(2)8-13(17(25)22-27)16(24)21-14(9-15(19)23)18(26)20-10-12-6-4-3-5-7-12/h3-7,11,13-14,27H,8-10H2,1-2H3,(H2,19,23)(H,20,26)(H,21,24)(H,22,25)/t13-,14+/m1/s1. The molecule has 27 heavy (non-hydrogen) atoms. The van der Waals surface area contributed by atoms with Gasteiger partial charge in [0.2, 0.25) is 17.7 Å². The van der Waals surface area contributed by atoms with Crippen molar-refractivity contribution in [2.24, 2.45) is 17.6 Å². The van der Waals surface area contributed by atoms with Gasteiger partial charge in [0.1, 0.15) is 12.0 Å². The molecule has 0 aliphatic carbocycles. The van der Waals surface area contributed by atoms with Crippen LogP contribution in [0, 0.1) is 11.8 Å². The van der Waals surface area contributed by atoms with Gasteiger partial charge in [0, 0.05) is 6.54 Å². The molecule has 0 bridgehead atoms. The van der Waals surface area contributed by atoms with Crippen LogP contribution in [0.4, 0.5) is 0 Å². The third-order valence-electron chi connectivity index (χ3n) is 3.80. The molecule has 1 aromatic rings. The van der Waals surface area contributed by atoms with E-state index in [1.165, 1.54) is 5.48 Å². The molecule has 0 unspecified atom stereocenters. The summed E-state index contributed by atoms with van der Waals surface area (Å²) >= 11 is 0. The molecule has 9 nitrogen and oxygen atoms in total. The van der Waals surface area contributed by atoms with Gasteiger partial charge in [0.15, 0.2) is 0 Å². The molecule has 1 rings (SSSR count). The summed E-state index contributed by atoms with van der Waals surface area (Å²) in [5.41, 5.74) is 7.46. The molecule has 1 aromatic carbocycles. The van der Waals surface area contributed by atoms with Crippen LogP contribution in [0.3, 0.4) is 0 Å². The van der Waals surface area contributed by atoms with Gasteiger partial charge in [-0.2, -0.15) is 0 Å². The largest absolute Gasteiger partial charge is 0.370 e. The molecule has 0 spiro atoms. The number of benzene rings is 1. The summed E-state index contributed by atoms with van der Waals surface area (Å²) < 4.78 is 0. The van der Waals surface area contributed by atoms with Crippen molar-refractivity contribution in [2.45, 2.75) is 39.3 Å². The zero-order valence-corrected chi connectivity index (χ0v) is 15.4. The molecular weight excluding hydrogens is 352 g/mol. The number of hydrogen-bond acceptors (Lipinski definition) is 5.